The summed E-state index contributed by atoms with van der Waals surface area (Å²) in [5, 5.41) is 0. The predicted octanol–water partition coefficient (Wildman–Crippen LogP) is 5.30. The molecule has 6 rings (SSSR count). The minimum atomic E-state index is -0.310. The van der Waals surface area contributed by atoms with Crippen LogP contribution in [0.4, 0.5) is 0 Å². The summed E-state index contributed by atoms with van der Waals surface area (Å²) in [4.78, 5) is 11.8. The summed E-state index contributed by atoms with van der Waals surface area (Å²) in [5.41, 5.74) is 6.28. The van der Waals surface area contributed by atoms with Gasteiger partial charge in [0.25, 0.3) is 0 Å². The molecule has 5 heteroatoms. The Bertz CT molecular complexity index is 808. The summed E-state index contributed by atoms with van der Waals surface area (Å²) in [6.45, 7) is 10.8. The third kappa shape index (κ3) is 3.31. The first-order chi connectivity index (χ1) is 16.2. The molecule has 6 aliphatic rings. The van der Waals surface area contributed by atoms with Crippen molar-refractivity contribution in [1.29, 1.82) is 0 Å². The maximum absolute atomic E-state index is 11.8. The standard InChI is InChI=1S/C29H47NO4/c1-17-7-12-29(32-16-17)18(2)26-24(34-29)14-23-21-6-5-19-13-20(33-25(31)15-30)8-10-27(19,3)22(21)9-11-28(23,26)4/h17-24,26H,5-16,30H2,1-4H3/t17-,18+,19-,20-,21?,22?,23?,24+,26+,27+,28+,29-/m1/s1. The Morgan fingerprint density at radius 3 is 2.50 bits per heavy atom. The number of hydrogen-bond acceptors (Lipinski definition) is 5. The number of fused-ring (bicyclic) bond motifs is 7. The Morgan fingerprint density at radius 1 is 0.971 bits per heavy atom. The molecule has 4 saturated carbocycles. The average Bonchev–Trinajstić information content (AvgIpc) is 3.26. The highest BCUT2D eigenvalue weighted by molar-refractivity contribution is 5.71. The fraction of sp³-hybridized carbons (Fsp3) is 0.966. The average molecular weight is 474 g/mol. The number of ether oxygens (including phenoxy) is 3. The molecule has 2 N–H and O–H groups in total. The molecule has 2 saturated heterocycles. The molecule has 0 aromatic carbocycles. The van der Waals surface area contributed by atoms with Crippen LogP contribution in [-0.4, -0.2) is 37.1 Å². The van der Waals surface area contributed by atoms with Crippen molar-refractivity contribution >= 4 is 5.97 Å². The summed E-state index contributed by atoms with van der Waals surface area (Å²) in [6, 6.07) is 0. The fourth-order valence-electron chi connectivity index (χ4n) is 10.6. The number of esters is 1. The lowest BCUT2D eigenvalue weighted by Crippen LogP contribution is -2.55. The van der Waals surface area contributed by atoms with Gasteiger partial charge in [-0.15, -0.1) is 0 Å². The van der Waals surface area contributed by atoms with Crippen LogP contribution < -0.4 is 5.73 Å². The summed E-state index contributed by atoms with van der Waals surface area (Å²) in [6.07, 6.45) is 12.6. The molecule has 0 amide bonds. The first-order valence-electron chi connectivity index (χ1n) is 14.4. The van der Waals surface area contributed by atoms with Gasteiger partial charge < -0.3 is 19.9 Å². The van der Waals surface area contributed by atoms with Crippen LogP contribution in [0.3, 0.4) is 0 Å². The van der Waals surface area contributed by atoms with Gasteiger partial charge in [-0.2, -0.15) is 0 Å². The molecule has 2 heterocycles. The third-order valence-electron chi connectivity index (χ3n) is 12.3. The van der Waals surface area contributed by atoms with Gasteiger partial charge in [0.05, 0.1) is 19.3 Å². The maximum atomic E-state index is 11.8. The van der Waals surface area contributed by atoms with E-state index in [1.807, 2.05) is 0 Å². The van der Waals surface area contributed by atoms with E-state index in [0.717, 1.165) is 43.6 Å². The molecular formula is C29H47NO4. The van der Waals surface area contributed by atoms with E-state index in [9.17, 15) is 4.79 Å². The highest BCUT2D eigenvalue weighted by atomic mass is 16.7. The van der Waals surface area contributed by atoms with Crippen LogP contribution in [0.1, 0.15) is 91.9 Å². The van der Waals surface area contributed by atoms with Crippen LogP contribution in [0.25, 0.3) is 0 Å². The van der Waals surface area contributed by atoms with Crippen LogP contribution in [0.5, 0.6) is 0 Å². The van der Waals surface area contributed by atoms with E-state index in [1.165, 1.54) is 44.9 Å². The molecule has 0 aromatic heterocycles. The Balaban J connectivity index is 1.19. The number of hydrogen-bond donors (Lipinski definition) is 1. The molecule has 34 heavy (non-hydrogen) atoms. The van der Waals surface area contributed by atoms with E-state index in [4.69, 9.17) is 19.9 Å². The SMILES string of the molecule is C[C@@H]1CC[C@@]2(OC1)O[C@H]1CC3C4CC[C@@H]5C[C@H](OC(=O)CN)CC[C@]5(C)C4CC[C@]3(C)[C@H]1[C@@H]2C. The number of nitrogens with two attached hydrogens (primary N) is 1. The molecule has 6 fully saturated rings. The highest BCUT2D eigenvalue weighted by Gasteiger charge is 2.69. The molecule has 0 radical (unpaired) electrons. The van der Waals surface area contributed by atoms with Crippen molar-refractivity contribution in [3.63, 3.8) is 0 Å². The normalized spacial score (nSPS) is 56.3. The highest BCUT2D eigenvalue weighted by Crippen LogP contribution is 2.71. The van der Waals surface area contributed by atoms with Gasteiger partial charge in [0.15, 0.2) is 5.79 Å². The molecule has 192 valence electrons. The van der Waals surface area contributed by atoms with Crippen LogP contribution in [-0.2, 0) is 19.0 Å². The first kappa shape index (κ1) is 23.7. The smallest absolute Gasteiger partial charge is 0.319 e. The van der Waals surface area contributed by atoms with Gasteiger partial charge in [-0.25, -0.2) is 0 Å². The second kappa shape index (κ2) is 8.18. The monoisotopic (exact) mass is 473 g/mol. The van der Waals surface area contributed by atoms with Crippen molar-refractivity contribution in [1.82, 2.24) is 0 Å². The number of carbonyl (C=O) groups excluding carboxylic acids is 1. The Kier molecular flexibility index (Phi) is 5.71. The van der Waals surface area contributed by atoms with Gasteiger partial charge in [-0.1, -0.05) is 27.7 Å². The molecule has 12 atom stereocenters. The summed E-state index contributed by atoms with van der Waals surface area (Å²) in [5.74, 6) is 4.35. The Morgan fingerprint density at radius 2 is 1.76 bits per heavy atom. The summed E-state index contributed by atoms with van der Waals surface area (Å²) in [7, 11) is 0. The van der Waals surface area contributed by atoms with E-state index in [0.29, 0.717) is 40.6 Å². The van der Waals surface area contributed by atoms with Crippen molar-refractivity contribution in [2.24, 2.45) is 58.0 Å². The van der Waals surface area contributed by atoms with Crippen molar-refractivity contribution in [3.8, 4) is 0 Å². The topological polar surface area (TPSA) is 70.8 Å². The van der Waals surface area contributed by atoms with Crippen LogP contribution >= 0.6 is 0 Å². The minimum Gasteiger partial charge on any atom is -0.461 e. The van der Waals surface area contributed by atoms with Crippen molar-refractivity contribution in [2.45, 2.75) is 110 Å². The van der Waals surface area contributed by atoms with Gasteiger partial charge in [-0.05, 0) is 104 Å². The van der Waals surface area contributed by atoms with Crippen LogP contribution in [0.2, 0.25) is 0 Å². The van der Waals surface area contributed by atoms with Crippen molar-refractivity contribution in [3.05, 3.63) is 0 Å². The molecule has 2 aliphatic heterocycles. The summed E-state index contributed by atoms with van der Waals surface area (Å²) >= 11 is 0. The lowest BCUT2D eigenvalue weighted by atomic mass is 9.44. The molecule has 1 spiro atoms. The Labute approximate surface area is 206 Å². The zero-order chi connectivity index (χ0) is 23.9. The summed E-state index contributed by atoms with van der Waals surface area (Å²) < 4.78 is 19.1. The largest absolute Gasteiger partial charge is 0.461 e. The molecule has 0 aromatic rings. The van der Waals surface area contributed by atoms with Crippen LogP contribution in [0.15, 0.2) is 0 Å². The third-order valence-corrected chi connectivity index (χ3v) is 12.3. The van der Waals surface area contributed by atoms with E-state index in [-0.39, 0.29) is 24.4 Å². The molecule has 4 aliphatic carbocycles. The van der Waals surface area contributed by atoms with E-state index >= 15 is 0 Å². The van der Waals surface area contributed by atoms with Crippen molar-refractivity contribution in [2.75, 3.05) is 13.2 Å². The predicted molar refractivity (Wildman–Crippen MR) is 131 cm³/mol. The van der Waals surface area contributed by atoms with Gasteiger partial charge in [0.1, 0.15) is 6.10 Å². The number of carbonyl (C=O) groups is 1. The van der Waals surface area contributed by atoms with Gasteiger partial charge in [0.2, 0.25) is 0 Å². The minimum absolute atomic E-state index is 0.00241. The molecule has 5 nitrogen and oxygen atoms in total. The lowest BCUT2D eigenvalue weighted by molar-refractivity contribution is -0.273. The quantitative estimate of drug-likeness (QED) is 0.551. The van der Waals surface area contributed by atoms with Gasteiger partial charge in [-0.3, -0.25) is 4.79 Å². The second-order valence-corrected chi connectivity index (χ2v) is 13.8. The van der Waals surface area contributed by atoms with Gasteiger partial charge in [0, 0.05) is 12.3 Å². The molecule has 0 bridgehead atoms. The molecular weight excluding hydrogens is 426 g/mol. The molecule has 3 unspecified atom stereocenters. The lowest BCUT2D eigenvalue weighted by Gasteiger charge is -2.61. The maximum Gasteiger partial charge on any atom is 0.319 e. The van der Waals surface area contributed by atoms with Crippen LogP contribution in [0, 0.1) is 52.3 Å². The van der Waals surface area contributed by atoms with Gasteiger partial charge >= 0.3 is 5.97 Å². The Hall–Kier alpha value is -0.650. The zero-order valence-electron chi connectivity index (χ0n) is 21.9. The van der Waals surface area contributed by atoms with E-state index < -0.39 is 0 Å². The number of rotatable bonds is 2. The van der Waals surface area contributed by atoms with Crippen molar-refractivity contribution < 1.29 is 19.0 Å². The van der Waals surface area contributed by atoms with E-state index in [2.05, 4.69) is 27.7 Å². The second-order valence-electron chi connectivity index (χ2n) is 13.8. The zero-order valence-corrected chi connectivity index (χ0v) is 21.9. The first-order valence-corrected chi connectivity index (χ1v) is 14.4. The van der Waals surface area contributed by atoms with E-state index in [1.54, 1.807) is 0 Å². The fourth-order valence-corrected chi connectivity index (χ4v) is 10.6.